The van der Waals surface area contributed by atoms with Gasteiger partial charge in [-0.15, -0.1) is 11.6 Å². The average Bonchev–Trinajstić information content (AvgIpc) is 2.55. The summed E-state index contributed by atoms with van der Waals surface area (Å²) < 4.78 is 2.18. The van der Waals surface area contributed by atoms with Crippen molar-refractivity contribution in [1.82, 2.24) is 9.38 Å². The van der Waals surface area contributed by atoms with Crippen molar-refractivity contribution in [3.8, 4) is 0 Å². The lowest BCUT2D eigenvalue weighted by Gasteiger charge is -2.03. The predicted molar refractivity (Wildman–Crippen MR) is 58.9 cm³/mol. The standard InChI is InChI=1S/C11H13ClN2/c1-3-9-5-4-6-11-13-10(7-12)8(2)14(9)11/h4-6H,3,7H2,1-2H3. The molecule has 0 bridgehead atoms. The summed E-state index contributed by atoms with van der Waals surface area (Å²) in [5, 5.41) is 0. The number of hydrogen-bond acceptors (Lipinski definition) is 1. The fourth-order valence-electron chi connectivity index (χ4n) is 1.77. The van der Waals surface area contributed by atoms with Crippen molar-refractivity contribution in [2.45, 2.75) is 26.1 Å². The lowest BCUT2D eigenvalue weighted by Crippen LogP contribution is -1.96. The van der Waals surface area contributed by atoms with Gasteiger partial charge >= 0.3 is 0 Å². The van der Waals surface area contributed by atoms with E-state index in [1.165, 1.54) is 5.69 Å². The van der Waals surface area contributed by atoms with Gasteiger partial charge in [-0.2, -0.15) is 0 Å². The highest BCUT2D eigenvalue weighted by Gasteiger charge is 2.08. The molecule has 0 saturated heterocycles. The predicted octanol–water partition coefficient (Wildman–Crippen LogP) is 2.94. The lowest BCUT2D eigenvalue weighted by molar-refractivity contribution is 0.947. The van der Waals surface area contributed by atoms with Crippen molar-refractivity contribution in [3.63, 3.8) is 0 Å². The molecule has 2 heterocycles. The number of imidazole rings is 1. The first kappa shape index (κ1) is 9.53. The molecule has 0 radical (unpaired) electrons. The van der Waals surface area contributed by atoms with Gasteiger partial charge in [0.25, 0.3) is 0 Å². The molecule has 74 valence electrons. The lowest BCUT2D eigenvalue weighted by atomic mass is 10.3. The van der Waals surface area contributed by atoms with E-state index in [-0.39, 0.29) is 0 Å². The molecule has 0 saturated carbocycles. The van der Waals surface area contributed by atoms with E-state index in [1.54, 1.807) is 0 Å². The summed E-state index contributed by atoms with van der Waals surface area (Å²) in [7, 11) is 0. The monoisotopic (exact) mass is 208 g/mol. The maximum atomic E-state index is 5.82. The van der Waals surface area contributed by atoms with E-state index < -0.39 is 0 Å². The minimum atomic E-state index is 0.483. The summed E-state index contributed by atoms with van der Waals surface area (Å²) in [6.07, 6.45) is 1.01. The number of aromatic nitrogens is 2. The summed E-state index contributed by atoms with van der Waals surface area (Å²) in [5.41, 5.74) is 4.42. The van der Waals surface area contributed by atoms with E-state index in [4.69, 9.17) is 11.6 Å². The SMILES string of the molecule is CCc1cccc2nc(CCl)c(C)n12. The van der Waals surface area contributed by atoms with Gasteiger partial charge in [-0.3, -0.25) is 0 Å². The van der Waals surface area contributed by atoms with Gasteiger partial charge in [0.05, 0.1) is 11.6 Å². The molecule has 2 aromatic rings. The van der Waals surface area contributed by atoms with Crippen LogP contribution >= 0.6 is 11.6 Å². The van der Waals surface area contributed by atoms with Crippen LogP contribution in [0, 0.1) is 6.92 Å². The van der Waals surface area contributed by atoms with E-state index >= 15 is 0 Å². The summed E-state index contributed by atoms with van der Waals surface area (Å²) in [6, 6.07) is 6.18. The maximum Gasteiger partial charge on any atom is 0.137 e. The molecule has 0 amide bonds. The molecule has 0 aromatic carbocycles. The third kappa shape index (κ3) is 1.30. The zero-order valence-corrected chi connectivity index (χ0v) is 9.17. The Bertz CT molecular complexity index is 460. The molecule has 0 unspecified atom stereocenters. The first-order chi connectivity index (χ1) is 6.77. The largest absolute Gasteiger partial charge is 0.301 e. The second-order valence-corrected chi connectivity index (χ2v) is 3.61. The Morgan fingerprint density at radius 2 is 2.21 bits per heavy atom. The second kappa shape index (κ2) is 3.62. The Balaban J connectivity index is 2.79. The van der Waals surface area contributed by atoms with Gasteiger partial charge < -0.3 is 4.40 Å². The minimum Gasteiger partial charge on any atom is -0.301 e. The van der Waals surface area contributed by atoms with Crippen molar-refractivity contribution < 1.29 is 0 Å². The zero-order chi connectivity index (χ0) is 10.1. The number of fused-ring (bicyclic) bond motifs is 1. The van der Waals surface area contributed by atoms with Gasteiger partial charge in [-0.05, 0) is 25.5 Å². The maximum absolute atomic E-state index is 5.82. The summed E-state index contributed by atoms with van der Waals surface area (Å²) in [5.74, 6) is 0.483. The Hall–Kier alpha value is -1.02. The third-order valence-corrected chi connectivity index (χ3v) is 2.79. The number of nitrogens with zero attached hydrogens (tertiary/aromatic N) is 2. The summed E-state index contributed by atoms with van der Waals surface area (Å²) in [6.45, 7) is 4.21. The van der Waals surface area contributed by atoms with E-state index in [0.29, 0.717) is 5.88 Å². The molecule has 2 nitrogen and oxygen atoms in total. The van der Waals surface area contributed by atoms with Crippen molar-refractivity contribution in [3.05, 3.63) is 35.3 Å². The Morgan fingerprint density at radius 3 is 2.86 bits per heavy atom. The molecule has 3 heteroatoms. The van der Waals surface area contributed by atoms with Crippen molar-refractivity contribution in [1.29, 1.82) is 0 Å². The second-order valence-electron chi connectivity index (χ2n) is 3.34. The van der Waals surface area contributed by atoms with Gasteiger partial charge in [0.1, 0.15) is 5.65 Å². The van der Waals surface area contributed by atoms with Gasteiger partial charge in [-0.1, -0.05) is 13.0 Å². The van der Waals surface area contributed by atoms with Crippen LogP contribution in [0.15, 0.2) is 18.2 Å². The quantitative estimate of drug-likeness (QED) is 0.694. The van der Waals surface area contributed by atoms with Gasteiger partial charge in [0.15, 0.2) is 0 Å². The van der Waals surface area contributed by atoms with Crippen molar-refractivity contribution >= 4 is 17.2 Å². The number of pyridine rings is 1. The topological polar surface area (TPSA) is 17.3 Å². The van der Waals surface area contributed by atoms with Crippen molar-refractivity contribution in [2.24, 2.45) is 0 Å². The van der Waals surface area contributed by atoms with E-state index in [9.17, 15) is 0 Å². The van der Waals surface area contributed by atoms with Crippen LogP contribution < -0.4 is 0 Å². The van der Waals surface area contributed by atoms with Crippen LogP contribution in [0.25, 0.3) is 5.65 Å². The minimum absolute atomic E-state index is 0.483. The molecule has 0 aliphatic rings. The molecule has 0 aliphatic carbocycles. The summed E-state index contributed by atoms with van der Waals surface area (Å²) >= 11 is 5.82. The molecule has 0 aliphatic heterocycles. The molecular weight excluding hydrogens is 196 g/mol. The van der Waals surface area contributed by atoms with Gasteiger partial charge in [0.2, 0.25) is 0 Å². The normalized spacial score (nSPS) is 11.1. The van der Waals surface area contributed by atoms with Crippen LogP contribution in [0.1, 0.15) is 24.0 Å². The molecule has 2 rings (SSSR count). The van der Waals surface area contributed by atoms with Crippen LogP contribution in [-0.4, -0.2) is 9.38 Å². The van der Waals surface area contributed by atoms with Crippen LogP contribution in [0.5, 0.6) is 0 Å². The molecule has 0 atom stereocenters. The Morgan fingerprint density at radius 1 is 1.43 bits per heavy atom. The Kier molecular flexibility index (Phi) is 2.46. The Labute approximate surface area is 88.5 Å². The van der Waals surface area contributed by atoms with Gasteiger partial charge in [0, 0.05) is 11.4 Å². The highest BCUT2D eigenvalue weighted by atomic mass is 35.5. The number of halogens is 1. The van der Waals surface area contributed by atoms with E-state index in [0.717, 1.165) is 23.5 Å². The fourth-order valence-corrected chi connectivity index (χ4v) is 2.02. The first-order valence-electron chi connectivity index (χ1n) is 4.79. The van der Waals surface area contributed by atoms with Crippen LogP contribution in [0.4, 0.5) is 0 Å². The molecule has 0 fully saturated rings. The first-order valence-corrected chi connectivity index (χ1v) is 5.33. The third-order valence-electron chi connectivity index (χ3n) is 2.54. The smallest absolute Gasteiger partial charge is 0.137 e. The summed E-state index contributed by atoms with van der Waals surface area (Å²) in [4.78, 5) is 4.47. The van der Waals surface area contributed by atoms with Crippen LogP contribution in [-0.2, 0) is 12.3 Å². The average molecular weight is 209 g/mol. The molecule has 2 aromatic heterocycles. The van der Waals surface area contributed by atoms with E-state index in [2.05, 4.69) is 29.3 Å². The highest BCUT2D eigenvalue weighted by Crippen LogP contribution is 2.16. The number of rotatable bonds is 2. The van der Waals surface area contributed by atoms with Gasteiger partial charge in [-0.25, -0.2) is 4.98 Å². The zero-order valence-electron chi connectivity index (χ0n) is 8.42. The highest BCUT2D eigenvalue weighted by molar-refractivity contribution is 6.17. The van der Waals surface area contributed by atoms with E-state index in [1.807, 2.05) is 12.1 Å². The van der Waals surface area contributed by atoms with Crippen molar-refractivity contribution in [2.75, 3.05) is 0 Å². The van der Waals surface area contributed by atoms with Crippen LogP contribution in [0.3, 0.4) is 0 Å². The number of aryl methyl sites for hydroxylation is 2. The van der Waals surface area contributed by atoms with Crippen LogP contribution in [0.2, 0.25) is 0 Å². The number of hydrogen-bond donors (Lipinski definition) is 0. The molecule has 0 N–H and O–H groups in total. The fraction of sp³-hybridized carbons (Fsp3) is 0.364. The number of alkyl halides is 1. The molecule has 14 heavy (non-hydrogen) atoms. The molecule has 0 spiro atoms. The molecular formula is C11H13ClN2.